The monoisotopic (exact) mass is 323 g/mol. The Labute approximate surface area is 131 Å². The van der Waals surface area contributed by atoms with Gasteiger partial charge >= 0.3 is 5.69 Å². The van der Waals surface area contributed by atoms with E-state index in [-0.39, 0.29) is 17.5 Å². The molecule has 22 heavy (non-hydrogen) atoms. The molecule has 2 aromatic rings. The molecule has 0 bridgehead atoms. The Hall–Kier alpha value is -2.45. The van der Waals surface area contributed by atoms with Crippen LogP contribution in [0.4, 0.5) is 23.1 Å². The predicted octanol–water partition coefficient (Wildman–Crippen LogP) is 2.84. The molecule has 2 N–H and O–H groups in total. The number of rotatable bonds is 7. The van der Waals surface area contributed by atoms with Crippen LogP contribution >= 0.6 is 11.6 Å². The van der Waals surface area contributed by atoms with Gasteiger partial charge in [0.2, 0.25) is 11.8 Å². The van der Waals surface area contributed by atoms with E-state index in [4.69, 9.17) is 16.3 Å². The second kappa shape index (κ2) is 7.53. The van der Waals surface area contributed by atoms with Gasteiger partial charge in [-0.15, -0.1) is 0 Å². The van der Waals surface area contributed by atoms with Crippen molar-refractivity contribution >= 4 is 34.7 Å². The van der Waals surface area contributed by atoms with Gasteiger partial charge in [-0.1, -0.05) is 11.6 Å². The Morgan fingerprint density at radius 1 is 1.36 bits per heavy atom. The van der Waals surface area contributed by atoms with E-state index in [2.05, 4.69) is 20.6 Å². The van der Waals surface area contributed by atoms with Gasteiger partial charge in [-0.25, -0.2) is 4.98 Å². The first kappa shape index (κ1) is 15.9. The Morgan fingerprint density at radius 3 is 2.73 bits per heavy atom. The highest BCUT2D eigenvalue weighted by Gasteiger charge is 2.17. The van der Waals surface area contributed by atoms with Crippen LogP contribution < -0.4 is 10.6 Å². The number of hydrogen-bond acceptors (Lipinski definition) is 7. The molecule has 0 saturated heterocycles. The standard InChI is InChI=1S/C13H14ClN5O3/c1-22-7-6-15-12-11(19(20)21)8-16-13(18-12)17-10-4-2-9(14)3-5-10/h2-5,8H,6-7H2,1H3,(H2,15,16,17,18). The van der Waals surface area contributed by atoms with Crippen molar-refractivity contribution in [2.45, 2.75) is 0 Å². The van der Waals surface area contributed by atoms with Gasteiger partial charge < -0.3 is 15.4 Å². The number of benzene rings is 1. The number of hydrogen-bond donors (Lipinski definition) is 2. The molecule has 8 nitrogen and oxygen atoms in total. The highest BCUT2D eigenvalue weighted by Crippen LogP contribution is 2.23. The van der Waals surface area contributed by atoms with E-state index in [0.29, 0.717) is 18.2 Å². The Bertz CT molecular complexity index is 651. The predicted molar refractivity (Wildman–Crippen MR) is 83.8 cm³/mol. The Balaban J connectivity index is 2.19. The molecular weight excluding hydrogens is 310 g/mol. The molecule has 0 aliphatic rings. The number of methoxy groups -OCH3 is 1. The number of nitro groups is 1. The van der Waals surface area contributed by atoms with Gasteiger partial charge in [0.15, 0.2) is 0 Å². The fourth-order valence-corrected chi connectivity index (χ4v) is 1.76. The normalized spacial score (nSPS) is 10.3. The van der Waals surface area contributed by atoms with E-state index in [1.165, 1.54) is 0 Å². The van der Waals surface area contributed by atoms with E-state index >= 15 is 0 Å². The minimum Gasteiger partial charge on any atom is -0.383 e. The van der Waals surface area contributed by atoms with Crippen molar-refractivity contribution in [3.05, 3.63) is 45.6 Å². The van der Waals surface area contributed by atoms with Crippen LogP contribution in [0.15, 0.2) is 30.5 Å². The molecule has 0 aliphatic carbocycles. The molecular formula is C13H14ClN5O3. The van der Waals surface area contributed by atoms with Gasteiger partial charge in [0.25, 0.3) is 0 Å². The van der Waals surface area contributed by atoms with Crippen LogP contribution in [0.5, 0.6) is 0 Å². The summed E-state index contributed by atoms with van der Waals surface area (Å²) in [6, 6.07) is 6.94. The summed E-state index contributed by atoms with van der Waals surface area (Å²) in [5.74, 6) is 0.376. The zero-order valence-electron chi connectivity index (χ0n) is 11.7. The van der Waals surface area contributed by atoms with E-state index in [0.717, 1.165) is 11.9 Å². The second-order valence-electron chi connectivity index (χ2n) is 4.24. The average molecular weight is 324 g/mol. The zero-order valence-corrected chi connectivity index (χ0v) is 12.5. The van der Waals surface area contributed by atoms with Gasteiger partial charge in [0.1, 0.15) is 6.20 Å². The summed E-state index contributed by atoms with van der Waals surface area (Å²) in [6.07, 6.45) is 1.15. The summed E-state index contributed by atoms with van der Waals surface area (Å²) in [5.41, 5.74) is 0.527. The van der Waals surface area contributed by atoms with E-state index < -0.39 is 4.92 Å². The maximum absolute atomic E-state index is 11.0. The molecule has 0 fully saturated rings. The lowest BCUT2D eigenvalue weighted by molar-refractivity contribution is -0.384. The molecule has 0 saturated carbocycles. The third kappa shape index (κ3) is 4.27. The largest absolute Gasteiger partial charge is 0.383 e. The zero-order chi connectivity index (χ0) is 15.9. The van der Waals surface area contributed by atoms with Crippen molar-refractivity contribution in [3.8, 4) is 0 Å². The van der Waals surface area contributed by atoms with Crippen LogP contribution in [0.25, 0.3) is 0 Å². The Morgan fingerprint density at radius 2 is 2.09 bits per heavy atom. The average Bonchev–Trinajstić information content (AvgIpc) is 2.50. The van der Waals surface area contributed by atoms with Gasteiger partial charge in [-0.05, 0) is 24.3 Å². The summed E-state index contributed by atoms with van der Waals surface area (Å²) in [7, 11) is 1.55. The molecule has 0 aliphatic heterocycles. The van der Waals surface area contributed by atoms with Crippen molar-refractivity contribution < 1.29 is 9.66 Å². The number of nitrogens with one attached hydrogen (secondary N) is 2. The highest BCUT2D eigenvalue weighted by molar-refractivity contribution is 6.30. The molecule has 1 aromatic heterocycles. The third-order valence-electron chi connectivity index (χ3n) is 2.67. The lowest BCUT2D eigenvalue weighted by Gasteiger charge is -2.08. The topological polar surface area (TPSA) is 102 Å². The highest BCUT2D eigenvalue weighted by atomic mass is 35.5. The van der Waals surface area contributed by atoms with Crippen LogP contribution in [-0.4, -0.2) is 35.2 Å². The van der Waals surface area contributed by atoms with E-state index in [1.54, 1.807) is 31.4 Å². The number of halogens is 1. The quantitative estimate of drug-likeness (QED) is 0.459. The molecule has 0 radical (unpaired) electrons. The van der Waals surface area contributed by atoms with Crippen LogP contribution in [0.2, 0.25) is 5.02 Å². The molecule has 1 aromatic carbocycles. The van der Waals surface area contributed by atoms with Crippen LogP contribution in [0.3, 0.4) is 0 Å². The number of anilines is 3. The molecule has 0 atom stereocenters. The van der Waals surface area contributed by atoms with Crippen molar-refractivity contribution in [2.24, 2.45) is 0 Å². The van der Waals surface area contributed by atoms with Gasteiger partial charge in [0, 0.05) is 24.4 Å². The number of nitrogens with zero attached hydrogens (tertiary/aromatic N) is 3. The number of aromatic nitrogens is 2. The summed E-state index contributed by atoms with van der Waals surface area (Å²) in [4.78, 5) is 18.5. The number of ether oxygens (including phenoxy) is 1. The van der Waals surface area contributed by atoms with E-state index in [9.17, 15) is 10.1 Å². The SMILES string of the molecule is COCCNc1nc(Nc2ccc(Cl)cc2)ncc1[N+](=O)[O-]. The van der Waals surface area contributed by atoms with Crippen LogP contribution in [0, 0.1) is 10.1 Å². The second-order valence-corrected chi connectivity index (χ2v) is 4.67. The molecule has 0 spiro atoms. The summed E-state index contributed by atoms with van der Waals surface area (Å²) in [6.45, 7) is 0.801. The lowest BCUT2D eigenvalue weighted by atomic mass is 10.3. The van der Waals surface area contributed by atoms with E-state index in [1.807, 2.05) is 0 Å². The van der Waals surface area contributed by atoms with Gasteiger partial charge in [-0.2, -0.15) is 4.98 Å². The smallest absolute Gasteiger partial charge is 0.329 e. The van der Waals surface area contributed by atoms with Gasteiger partial charge in [-0.3, -0.25) is 10.1 Å². The fraction of sp³-hybridized carbons (Fsp3) is 0.231. The van der Waals surface area contributed by atoms with Gasteiger partial charge in [0.05, 0.1) is 11.5 Å². The molecule has 1 heterocycles. The van der Waals surface area contributed by atoms with Crippen molar-refractivity contribution in [2.75, 3.05) is 30.9 Å². The summed E-state index contributed by atoms with van der Waals surface area (Å²) in [5, 5.41) is 17.4. The molecule has 0 unspecified atom stereocenters. The fourth-order valence-electron chi connectivity index (χ4n) is 1.63. The van der Waals surface area contributed by atoms with Crippen molar-refractivity contribution in [1.29, 1.82) is 0 Å². The minimum absolute atomic E-state index is 0.133. The molecule has 0 amide bonds. The maximum atomic E-state index is 11.0. The maximum Gasteiger partial charge on any atom is 0.329 e. The molecule has 9 heteroatoms. The van der Waals surface area contributed by atoms with Crippen LogP contribution in [-0.2, 0) is 4.74 Å². The van der Waals surface area contributed by atoms with Crippen molar-refractivity contribution in [1.82, 2.24) is 9.97 Å². The lowest BCUT2D eigenvalue weighted by Crippen LogP contribution is -2.12. The molecule has 116 valence electrons. The summed E-state index contributed by atoms with van der Waals surface area (Å²) >= 11 is 5.81. The van der Waals surface area contributed by atoms with Crippen molar-refractivity contribution in [3.63, 3.8) is 0 Å². The first-order chi connectivity index (χ1) is 10.6. The first-order valence-corrected chi connectivity index (χ1v) is 6.75. The Kier molecular flexibility index (Phi) is 5.45. The first-order valence-electron chi connectivity index (χ1n) is 6.37. The third-order valence-corrected chi connectivity index (χ3v) is 2.92. The summed E-state index contributed by atoms with van der Waals surface area (Å²) < 4.78 is 4.90. The molecule has 2 rings (SSSR count). The minimum atomic E-state index is -0.540. The van der Waals surface area contributed by atoms with Crippen LogP contribution in [0.1, 0.15) is 0 Å².